The summed E-state index contributed by atoms with van der Waals surface area (Å²) < 4.78 is 5.17. The Kier molecular flexibility index (Phi) is 8.62. The van der Waals surface area contributed by atoms with Crippen molar-refractivity contribution in [3.05, 3.63) is 123 Å². The Bertz CT molecular complexity index is 1470. The first-order chi connectivity index (χ1) is 18.3. The third-order valence-electron chi connectivity index (χ3n) is 5.45. The van der Waals surface area contributed by atoms with Crippen LogP contribution in [-0.2, 0) is 4.79 Å². The van der Waals surface area contributed by atoms with E-state index < -0.39 is 16.1 Å². The lowest BCUT2D eigenvalue weighted by Crippen LogP contribution is -2.19. The number of non-ortho nitro benzene ring substituents is 1. The molecule has 0 fully saturated rings. The minimum Gasteiger partial charge on any atom is -0.495 e. The normalized spacial score (nSPS) is 11.3. The predicted molar refractivity (Wildman–Crippen MR) is 149 cm³/mol. The van der Waals surface area contributed by atoms with Crippen molar-refractivity contribution in [3.63, 3.8) is 0 Å². The molecule has 10 heteroatoms. The molecule has 4 aromatic carbocycles. The Balaban J connectivity index is 1.48. The van der Waals surface area contributed by atoms with Gasteiger partial charge in [0.25, 0.3) is 11.6 Å². The average molecular weight is 548 g/mol. The number of ether oxygens (including phenoxy) is 1. The summed E-state index contributed by atoms with van der Waals surface area (Å²) in [5.74, 6) is -0.185. The van der Waals surface area contributed by atoms with Crippen LogP contribution in [0.1, 0.15) is 21.2 Å². The first-order valence-electron chi connectivity index (χ1n) is 11.4. The molecule has 192 valence electrons. The molecule has 0 aliphatic rings. The molecule has 38 heavy (non-hydrogen) atoms. The molecule has 4 aromatic rings. The molecule has 2 amide bonds. The summed E-state index contributed by atoms with van der Waals surface area (Å²) >= 11 is 7.56. The zero-order valence-corrected chi connectivity index (χ0v) is 21.7. The summed E-state index contributed by atoms with van der Waals surface area (Å²) in [4.78, 5) is 37.1. The van der Waals surface area contributed by atoms with Crippen molar-refractivity contribution in [2.24, 2.45) is 0 Å². The van der Waals surface area contributed by atoms with Crippen molar-refractivity contribution < 1.29 is 19.2 Å². The lowest BCUT2D eigenvalue weighted by molar-refractivity contribution is -0.384. The molecule has 4 rings (SSSR count). The first kappa shape index (κ1) is 26.7. The summed E-state index contributed by atoms with van der Waals surface area (Å²) in [6, 6.07) is 26.9. The molecule has 0 heterocycles. The van der Waals surface area contributed by atoms with Gasteiger partial charge in [-0.15, -0.1) is 11.8 Å². The zero-order chi connectivity index (χ0) is 27.1. The first-order valence-corrected chi connectivity index (χ1v) is 12.6. The second-order valence-electron chi connectivity index (χ2n) is 8.03. The van der Waals surface area contributed by atoms with Crippen LogP contribution in [0.4, 0.5) is 17.1 Å². The molecule has 0 aromatic heterocycles. The fourth-order valence-corrected chi connectivity index (χ4v) is 4.85. The van der Waals surface area contributed by atoms with Crippen LogP contribution < -0.4 is 15.4 Å². The van der Waals surface area contributed by atoms with E-state index in [4.69, 9.17) is 16.3 Å². The van der Waals surface area contributed by atoms with Gasteiger partial charge in [-0.1, -0.05) is 48.0 Å². The summed E-state index contributed by atoms with van der Waals surface area (Å²) in [6.45, 7) is 0. The van der Waals surface area contributed by atoms with Gasteiger partial charge in [-0.05, 0) is 54.1 Å². The largest absolute Gasteiger partial charge is 0.495 e. The van der Waals surface area contributed by atoms with Crippen molar-refractivity contribution in [2.75, 3.05) is 17.7 Å². The number of carbonyl (C=O) groups is 2. The zero-order valence-electron chi connectivity index (χ0n) is 20.1. The Morgan fingerprint density at radius 3 is 2.26 bits per heavy atom. The van der Waals surface area contributed by atoms with Gasteiger partial charge in [0.1, 0.15) is 11.0 Å². The number of nitrogens with zero attached hydrogens (tertiary/aromatic N) is 1. The molecule has 0 saturated heterocycles. The van der Waals surface area contributed by atoms with E-state index in [-0.39, 0.29) is 17.2 Å². The van der Waals surface area contributed by atoms with Gasteiger partial charge in [0.15, 0.2) is 0 Å². The van der Waals surface area contributed by atoms with E-state index >= 15 is 0 Å². The number of halogens is 1. The number of nitrogens with one attached hydrogen (secondary N) is 2. The van der Waals surface area contributed by atoms with E-state index in [1.165, 1.54) is 43.1 Å². The molecule has 0 radical (unpaired) electrons. The molecule has 0 bridgehead atoms. The monoisotopic (exact) mass is 547 g/mol. The van der Waals surface area contributed by atoms with Gasteiger partial charge in [-0.25, -0.2) is 0 Å². The number of rotatable bonds is 9. The van der Waals surface area contributed by atoms with Crippen molar-refractivity contribution in [1.82, 2.24) is 0 Å². The van der Waals surface area contributed by atoms with Crippen LogP contribution in [0.3, 0.4) is 0 Å². The van der Waals surface area contributed by atoms with Crippen LogP contribution in [0.25, 0.3) is 0 Å². The maximum Gasteiger partial charge on any atom is 0.270 e. The van der Waals surface area contributed by atoms with E-state index in [0.717, 1.165) is 10.5 Å². The fraction of sp³-hybridized carbons (Fsp3) is 0.0714. The van der Waals surface area contributed by atoms with E-state index in [1.807, 2.05) is 30.3 Å². The minimum absolute atomic E-state index is 0.161. The SMILES string of the molecule is COc1ccc(NC(=O)C(Sc2ccc(NC(=O)c3cccc([N+](=O)[O-])c3)cc2)c2ccccc2)cc1Cl. The highest BCUT2D eigenvalue weighted by molar-refractivity contribution is 8.00. The Hall–Kier alpha value is -4.34. The van der Waals surface area contributed by atoms with Crippen molar-refractivity contribution in [1.29, 1.82) is 0 Å². The molecule has 0 aliphatic heterocycles. The predicted octanol–water partition coefficient (Wildman–Crippen LogP) is 6.98. The van der Waals surface area contributed by atoms with Gasteiger partial charge in [0.05, 0.1) is 17.1 Å². The Morgan fingerprint density at radius 1 is 0.895 bits per heavy atom. The minimum atomic E-state index is -0.567. The van der Waals surface area contributed by atoms with Crippen molar-refractivity contribution >= 4 is 52.2 Å². The lowest BCUT2D eigenvalue weighted by Gasteiger charge is -2.18. The van der Waals surface area contributed by atoms with Gasteiger partial charge in [0.2, 0.25) is 5.91 Å². The van der Waals surface area contributed by atoms with Gasteiger partial charge < -0.3 is 15.4 Å². The number of thioether (sulfide) groups is 1. The number of amides is 2. The molecule has 1 unspecified atom stereocenters. The maximum atomic E-state index is 13.3. The molecule has 0 spiro atoms. The molecular weight excluding hydrogens is 526 g/mol. The second-order valence-corrected chi connectivity index (χ2v) is 9.62. The Labute approximate surface area is 228 Å². The number of methoxy groups -OCH3 is 1. The van der Waals surface area contributed by atoms with Gasteiger partial charge in [0, 0.05) is 34.0 Å². The Morgan fingerprint density at radius 2 is 1.61 bits per heavy atom. The van der Waals surface area contributed by atoms with E-state index in [9.17, 15) is 19.7 Å². The number of hydrogen-bond donors (Lipinski definition) is 2. The summed E-state index contributed by atoms with van der Waals surface area (Å²) in [5.41, 5.74) is 1.89. The van der Waals surface area contributed by atoms with Crippen LogP contribution in [-0.4, -0.2) is 23.8 Å². The number of nitro benzene ring substituents is 1. The highest BCUT2D eigenvalue weighted by atomic mass is 35.5. The van der Waals surface area contributed by atoms with Crippen LogP contribution in [0.2, 0.25) is 5.02 Å². The highest BCUT2D eigenvalue weighted by Gasteiger charge is 2.23. The summed E-state index contributed by atoms with van der Waals surface area (Å²) in [5, 5.41) is 16.5. The molecular formula is C28H22ClN3O5S. The number of nitro groups is 1. The molecule has 8 nitrogen and oxygen atoms in total. The summed E-state index contributed by atoms with van der Waals surface area (Å²) in [7, 11) is 1.52. The number of hydrogen-bond acceptors (Lipinski definition) is 6. The lowest BCUT2D eigenvalue weighted by atomic mass is 10.1. The third-order valence-corrected chi connectivity index (χ3v) is 7.01. The molecule has 1 atom stereocenters. The van der Waals surface area contributed by atoms with Crippen molar-refractivity contribution in [3.8, 4) is 5.75 Å². The molecule has 0 aliphatic carbocycles. The van der Waals surface area contributed by atoms with E-state index in [0.29, 0.717) is 22.1 Å². The maximum absolute atomic E-state index is 13.3. The smallest absolute Gasteiger partial charge is 0.270 e. The summed E-state index contributed by atoms with van der Waals surface area (Å²) in [6.07, 6.45) is 0. The van der Waals surface area contributed by atoms with Crippen molar-refractivity contribution in [2.45, 2.75) is 10.1 Å². The second kappa shape index (κ2) is 12.3. The highest BCUT2D eigenvalue weighted by Crippen LogP contribution is 2.37. The quantitative estimate of drug-likeness (QED) is 0.133. The van der Waals surface area contributed by atoms with Crippen LogP contribution >= 0.6 is 23.4 Å². The fourth-order valence-electron chi connectivity index (χ4n) is 3.57. The van der Waals surface area contributed by atoms with Crippen LogP contribution in [0.5, 0.6) is 5.75 Å². The topological polar surface area (TPSA) is 111 Å². The van der Waals surface area contributed by atoms with Gasteiger partial charge in [-0.3, -0.25) is 19.7 Å². The van der Waals surface area contributed by atoms with Crippen LogP contribution in [0, 0.1) is 10.1 Å². The number of anilines is 2. The standard InChI is InChI=1S/C28H22ClN3O5S/c1-37-25-15-12-21(17-24(25)29)31-28(34)26(18-6-3-2-4-7-18)38-23-13-10-20(11-14-23)30-27(33)19-8-5-9-22(16-19)32(35)36/h2-17,26H,1H3,(H,30,33)(H,31,34). The van der Waals surface area contributed by atoms with Gasteiger partial charge in [-0.2, -0.15) is 0 Å². The third kappa shape index (κ3) is 6.70. The number of benzene rings is 4. The average Bonchev–Trinajstić information content (AvgIpc) is 2.93. The van der Waals surface area contributed by atoms with E-state index in [1.54, 1.807) is 42.5 Å². The number of carbonyl (C=O) groups excluding carboxylic acids is 2. The van der Waals surface area contributed by atoms with Crippen LogP contribution in [0.15, 0.2) is 102 Å². The van der Waals surface area contributed by atoms with Gasteiger partial charge >= 0.3 is 0 Å². The molecule has 0 saturated carbocycles. The molecule has 2 N–H and O–H groups in total. The van der Waals surface area contributed by atoms with E-state index in [2.05, 4.69) is 10.6 Å².